The van der Waals surface area contributed by atoms with Gasteiger partial charge in [0, 0.05) is 82.2 Å². The van der Waals surface area contributed by atoms with Crippen LogP contribution in [0.5, 0.6) is 0 Å². The molecule has 0 spiro atoms. The van der Waals surface area contributed by atoms with Gasteiger partial charge in [0.25, 0.3) is 11.8 Å². The number of amides is 2. The van der Waals surface area contributed by atoms with Gasteiger partial charge in [-0.3, -0.25) is 14.5 Å². The molecule has 12 nitrogen and oxygen atoms in total. The predicted molar refractivity (Wildman–Crippen MR) is 175 cm³/mol. The minimum atomic E-state index is -0.450. The summed E-state index contributed by atoms with van der Waals surface area (Å²) in [6.07, 6.45) is 1.07. The molecule has 2 aliphatic heterocycles. The number of halogens is 1. The third-order valence-electron chi connectivity index (χ3n) is 8.67. The normalized spacial score (nSPS) is 15.5. The zero-order chi connectivity index (χ0) is 32.7. The largest absolute Gasteiger partial charge is 0.392 e. The Labute approximate surface area is 272 Å². The highest BCUT2D eigenvalue weighted by Crippen LogP contribution is 2.38. The van der Waals surface area contributed by atoms with E-state index in [4.69, 9.17) is 11.6 Å². The number of aliphatic hydroxyl groups is 1. The topological polar surface area (TPSA) is 144 Å². The SMILES string of the molecule is CC(O)CN1CCc2c(nc(C(=O)Nc3cccc(-c4cccc(NC(=O)c5nc6c(n5C)CCN(C)C6)c4C#N)c3Cl)n2C)C1. The van der Waals surface area contributed by atoms with Crippen LogP contribution in [0, 0.1) is 11.3 Å². The van der Waals surface area contributed by atoms with Gasteiger partial charge in [0.15, 0.2) is 11.6 Å². The summed E-state index contributed by atoms with van der Waals surface area (Å²) in [4.78, 5) is 40.3. The summed E-state index contributed by atoms with van der Waals surface area (Å²) in [5.74, 6) is -0.282. The van der Waals surface area contributed by atoms with E-state index < -0.39 is 17.9 Å². The first-order valence-electron chi connectivity index (χ1n) is 15.2. The second-order valence-corrected chi connectivity index (χ2v) is 12.4. The lowest BCUT2D eigenvalue weighted by Gasteiger charge is -2.27. The number of aromatic nitrogens is 4. The molecule has 2 aliphatic rings. The third kappa shape index (κ3) is 5.90. The fraction of sp³-hybridized carbons (Fsp3) is 0.364. The van der Waals surface area contributed by atoms with Crippen molar-refractivity contribution in [3.05, 3.63) is 81.4 Å². The highest BCUT2D eigenvalue weighted by Gasteiger charge is 2.27. The molecular weight excluding hydrogens is 606 g/mol. The first-order chi connectivity index (χ1) is 22.0. The van der Waals surface area contributed by atoms with E-state index in [1.54, 1.807) is 47.9 Å². The number of carbonyl (C=O) groups excluding carboxylic acids is 2. The highest BCUT2D eigenvalue weighted by molar-refractivity contribution is 6.36. The van der Waals surface area contributed by atoms with Crippen molar-refractivity contribution in [2.45, 2.75) is 39.0 Å². The summed E-state index contributed by atoms with van der Waals surface area (Å²) in [5.41, 5.74) is 5.68. The van der Waals surface area contributed by atoms with E-state index in [9.17, 15) is 20.0 Å². The van der Waals surface area contributed by atoms with Gasteiger partial charge in [-0.1, -0.05) is 35.9 Å². The van der Waals surface area contributed by atoms with E-state index in [2.05, 4.69) is 36.5 Å². The van der Waals surface area contributed by atoms with E-state index in [1.807, 2.05) is 25.7 Å². The Morgan fingerprint density at radius 3 is 2.11 bits per heavy atom. The lowest BCUT2D eigenvalue weighted by atomic mass is 9.98. The maximum Gasteiger partial charge on any atom is 0.291 e. The van der Waals surface area contributed by atoms with Crippen LogP contribution in [-0.2, 0) is 40.0 Å². The smallest absolute Gasteiger partial charge is 0.291 e. The van der Waals surface area contributed by atoms with Gasteiger partial charge >= 0.3 is 0 Å². The molecule has 0 saturated carbocycles. The van der Waals surface area contributed by atoms with Crippen LogP contribution in [0.1, 0.15) is 56.5 Å². The maximum absolute atomic E-state index is 13.4. The number of benzene rings is 2. The van der Waals surface area contributed by atoms with Crippen LogP contribution in [-0.4, -0.2) is 78.6 Å². The molecule has 238 valence electrons. The number of imidazole rings is 2. The van der Waals surface area contributed by atoms with E-state index in [1.165, 1.54) is 0 Å². The first kappa shape index (κ1) is 31.4. The fourth-order valence-corrected chi connectivity index (χ4v) is 6.65. The number of carbonyl (C=O) groups is 2. The number of rotatable bonds is 7. The van der Waals surface area contributed by atoms with Crippen LogP contribution in [0.2, 0.25) is 5.02 Å². The number of β-amino-alcohol motifs (C(OH)–C–C–N with tert-alkyl or cyclic N) is 1. The number of nitrogens with zero attached hydrogens (tertiary/aromatic N) is 7. The number of nitriles is 1. The van der Waals surface area contributed by atoms with Gasteiger partial charge in [-0.25, -0.2) is 9.97 Å². The molecule has 2 aromatic carbocycles. The van der Waals surface area contributed by atoms with E-state index >= 15 is 0 Å². The zero-order valence-electron chi connectivity index (χ0n) is 26.3. The molecule has 4 heterocycles. The van der Waals surface area contributed by atoms with Crippen molar-refractivity contribution >= 4 is 34.8 Å². The summed E-state index contributed by atoms with van der Waals surface area (Å²) in [7, 11) is 5.67. The Hall–Kier alpha value is -4.54. The van der Waals surface area contributed by atoms with Crippen LogP contribution < -0.4 is 10.6 Å². The maximum atomic E-state index is 13.4. The predicted octanol–water partition coefficient (Wildman–Crippen LogP) is 3.58. The molecule has 0 aliphatic carbocycles. The van der Waals surface area contributed by atoms with Gasteiger partial charge in [0.2, 0.25) is 0 Å². The number of anilines is 2. The summed E-state index contributed by atoms with van der Waals surface area (Å²) in [6, 6.07) is 12.6. The quantitative estimate of drug-likeness (QED) is 0.278. The monoisotopic (exact) mass is 641 g/mol. The van der Waals surface area contributed by atoms with Crippen LogP contribution >= 0.6 is 11.6 Å². The Morgan fingerprint density at radius 2 is 1.48 bits per heavy atom. The second kappa shape index (κ2) is 12.7. The molecule has 0 radical (unpaired) electrons. The number of aliphatic hydroxyl groups excluding tert-OH is 1. The molecule has 2 amide bonds. The van der Waals surface area contributed by atoms with Gasteiger partial charge in [-0.2, -0.15) is 5.26 Å². The van der Waals surface area contributed by atoms with Gasteiger partial charge in [0.1, 0.15) is 6.07 Å². The molecule has 2 aromatic heterocycles. The summed E-state index contributed by atoms with van der Waals surface area (Å²) in [6.45, 7) is 5.19. The Balaban J connectivity index is 1.25. The second-order valence-electron chi connectivity index (χ2n) is 12.0. The van der Waals surface area contributed by atoms with E-state index in [0.29, 0.717) is 42.1 Å². The van der Waals surface area contributed by atoms with E-state index in [0.717, 1.165) is 48.7 Å². The Kier molecular flexibility index (Phi) is 8.67. The molecule has 0 bridgehead atoms. The summed E-state index contributed by atoms with van der Waals surface area (Å²) < 4.78 is 3.62. The first-order valence-corrected chi connectivity index (χ1v) is 15.6. The van der Waals surface area contributed by atoms with Crippen LogP contribution in [0.3, 0.4) is 0 Å². The Bertz CT molecular complexity index is 1890. The van der Waals surface area contributed by atoms with Gasteiger partial charge in [-0.05, 0) is 26.1 Å². The number of hydrogen-bond donors (Lipinski definition) is 3. The molecule has 1 atom stereocenters. The summed E-state index contributed by atoms with van der Waals surface area (Å²) in [5, 5.41) is 26.0. The number of fused-ring (bicyclic) bond motifs is 2. The molecule has 1 unspecified atom stereocenters. The molecule has 0 fully saturated rings. The van der Waals surface area contributed by atoms with Crippen molar-refractivity contribution in [3.8, 4) is 17.2 Å². The minimum absolute atomic E-state index is 0.235. The van der Waals surface area contributed by atoms with E-state index in [-0.39, 0.29) is 22.2 Å². The average molecular weight is 642 g/mol. The zero-order valence-corrected chi connectivity index (χ0v) is 27.0. The highest BCUT2D eigenvalue weighted by atomic mass is 35.5. The lowest BCUT2D eigenvalue weighted by Crippen LogP contribution is -2.36. The molecule has 6 rings (SSSR count). The van der Waals surface area contributed by atoms with Crippen molar-refractivity contribution < 1.29 is 14.7 Å². The van der Waals surface area contributed by atoms with Gasteiger partial charge in [-0.15, -0.1) is 0 Å². The fourth-order valence-electron chi connectivity index (χ4n) is 6.37. The van der Waals surface area contributed by atoms with Crippen LogP contribution in [0.15, 0.2) is 36.4 Å². The average Bonchev–Trinajstić information content (AvgIpc) is 3.53. The minimum Gasteiger partial charge on any atom is -0.392 e. The van der Waals surface area contributed by atoms with Crippen molar-refractivity contribution in [1.82, 2.24) is 28.9 Å². The van der Waals surface area contributed by atoms with Crippen molar-refractivity contribution in [1.29, 1.82) is 5.26 Å². The lowest BCUT2D eigenvalue weighted by molar-refractivity contribution is 0.100. The molecule has 3 N–H and O–H groups in total. The molecule has 0 saturated heterocycles. The molecule has 13 heteroatoms. The molecular formula is C33H36ClN9O3. The van der Waals surface area contributed by atoms with Gasteiger partial charge in [0.05, 0.1) is 39.5 Å². The van der Waals surface area contributed by atoms with Gasteiger partial charge < -0.3 is 29.8 Å². The van der Waals surface area contributed by atoms with Crippen molar-refractivity contribution in [2.24, 2.45) is 14.1 Å². The molecule has 46 heavy (non-hydrogen) atoms. The molecule has 4 aromatic rings. The number of hydrogen-bond acceptors (Lipinski definition) is 8. The van der Waals surface area contributed by atoms with Crippen molar-refractivity contribution in [2.75, 3.05) is 37.3 Å². The Morgan fingerprint density at radius 1 is 0.913 bits per heavy atom. The summed E-state index contributed by atoms with van der Waals surface area (Å²) >= 11 is 6.87. The van der Waals surface area contributed by atoms with Crippen LogP contribution in [0.25, 0.3) is 11.1 Å². The van der Waals surface area contributed by atoms with Crippen molar-refractivity contribution in [3.63, 3.8) is 0 Å². The number of nitrogens with one attached hydrogen (secondary N) is 2. The standard InChI is InChI=1S/C33H36ClN9O3/c1-19(44)16-43-14-12-28-26(18-43)37-31(42(28)4)33(46)39-24-10-6-8-21(29(24)34)20-7-5-9-23(22(20)15-35)38-32(45)30-36-25-17-40(2)13-11-27(25)41(30)3/h5-10,19,44H,11-14,16-18H2,1-4H3,(H,38,45)(H,39,46). The van der Waals surface area contributed by atoms with Crippen LogP contribution in [0.4, 0.5) is 11.4 Å². The number of likely N-dealkylation sites (N-methyl/N-ethyl adjacent to an activating group) is 1. The third-order valence-corrected chi connectivity index (χ3v) is 9.08.